The monoisotopic (exact) mass is 389 g/mol. The summed E-state index contributed by atoms with van der Waals surface area (Å²) < 4.78 is 11.0. The van der Waals surface area contributed by atoms with Crippen molar-refractivity contribution in [3.8, 4) is 11.6 Å². The molecular formula is C18H20ClN5O3. The summed E-state index contributed by atoms with van der Waals surface area (Å²) in [7, 11) is 0. The van der Waals surface area contributed by atoms with Gasteiger partial charge in [-0.3, -0.25) is 0 Å². The van der Waals surface area contributed by atoms with E-state index in [9.17, 15) is 4.79 Å². The Kier molecular flexibility index (Phi) is 5.09. The van der Waals surface area contributed by atoms with Crippen molar-refractivity contribution in [2.75, 3.05) is 5.73 Å². The van der Waals surface area contributed by atoms with Crippen molar-refractivity contribution in [3.63, 3.8) is 0 Å². The molecule has 0 saturated carbocycles. The van der Waals surface area contributed by atoms with E-state index in [2.05, 4.69) is 20.3 Å². The van der Waals surface area contributed by atoms with Gasteiger partial charge >= 0.3 is 6.09 Å². The van der Waals surface area contributed by atoms with Gasteiger partial charge in [0.1, 0.15) is 24.2 Å². The van der Waals surface area contributed by atoms with Crippen LogP contribution in [0.25, 0.3) is 11.0 Å². The van der Waals surface area contributed by atoms with Crippen LogP contribution in [0.5, 0.6) is 11.6 Å². The van der Waals surface area contributed by atoms with Gasteiger partial charge in [0.05, 0.1) is 21.9 Å². The van der Waals surface area contributed by atoms with Gasteiger partial charge in [-0.05, 0) is 39.0 Å². The summed E-state index contributed by atoms with van der Waals surface area (Å²) in [6.07, 6.45) is 0.890. The second-order valence-electron chi connectivity index (χ2n) is 6.97. The van der Waals surface area contributed by atoms with Gasteiger partial charge in [0.15, 0.2) is 0 Å². The number of nitrogens with one attached hydrogen (secondary N) is 2. The number of H-pyrrole nitrogens is 1. The minimum Gasteiger partial charge on any atom is -0.443 e. The quantitative estimate of drug-likeness (QED) is 0.580. The summed E-state index contributed by atoms with van der Waals surface area (Å²) in [5, 5.41) is 3.12. The third kappa shape index (κ3) is 4.79. The van der Waals surface area contributed by atoms with Crippen molar-refractivity contribution < 1.29 is 14.3 Å². The number of nitrogens with zero attached hydrogens (tertiary/aromatic N) is 2. The number of anilines is 1. The van der Waals surface area contributed by atoms with E-state index in [-0.39, 0.29) is 12.1 Å². The smallest absolute Gasteiger partial charge is 0.407 e. The average molecular weight is 390 g/mol. The van der Waals surface area contributed by atoms with Crippen LogP contribution in [0.2, 0.25) is 5.02 Å². The van der Waals surface area contributed by atoms with Crippen LogP contribution in [0.3, 0.4) is 0 Å². The Morgan fingerprint density at radius 1 is 1.30 bits per heavy atom. The van der Waals surface area contributed by atoms with E-state index >= 15 is 0 Å². The molecule has 0 bridgehead atoms. The van der Waals surface area contributed by atoms with E-state index in [0.29, 0.717) is 39.1 Å². The van der Waals surface area contributed by atoms with Crippen LogP contribution in [-0.4, -0.2) is 26.6 Å². The first-order valence-corrected chi connectivity index (χ1v) is 8.59. The third-order valence-electron chi connectivity index (χ3n) is 3.46. The number of halogens is 1. The third-order valence-corrected chi connectivity index (χ3v) is 3.79. The number of hydrogen-bond acceptors (Lipinski definition) is 6. The molecule has 0 fully saturated rings. The number of aromatic nitrogens is 3. The Balaban J connectivity index is 1.76. The first-order valence-electron chi connectivity index (χ1n) is 8.22. The number of alkyl carbamates (subject to hydrolysis) is 1. The SMILES string of the molecule is CC(C)(C)NC(=O)OCc1cc2ncnc(Oc3ccc(N)c(Cl)c3)c2[nH]1. The van der Waals surface area contributed by atoms with Gasteiger partial charge in [-0.15, -0.1) is 0 Å². The molecule has 0 atom stereocenters. The fourth-order valence-electron chi connectivity index (χ4n) is 2.29. The Morgan fingerprint density at radius 2 is 2.07 bits per heavy atom. The normalized spacial score (nSPS) is 11.4. The molecular weight excluding hydrogens is 370 g/mol. The first kappa shape index (κ1) is 18.8. The molecule has 4 N–H and O–H groups in total. The summed E-state index contributed by atoms with van der Waals surface area (Å²) in [6, 6.07) is 6.72. The predicted octanol–water partition coefficient (Wildman–Crippen LogP) is 4.01. The molecule has 8 nitrogen and oxygen atoms in total. The lowest BCUT2D eigenvalue weighted by Gasteiger charge is -2.19. The molecule has 2 aromatic heterocycles. The number of rotatable bonds is 4. The lowest BCUT2D eigenvalue weighted by molar-refractivity contribution is 0.130. The van der Waals surface area contributed by atoms with Crippen molar-refractivity contribution in [2.24, 2.45) is 0 Å². The van der Waals surface area contributed by atoms with Gasteiger partial charge < -0.3 is 25.5 Å². The molecule has 27 heavy (non-hydrogen) atoms. The molecule has 1 amide bonds. The number of nitrogen functional groups attached to an aromatic ring is 1. The van der Waals surface area contributed by atoms with Crippen LogP contribution < -0.4 is 15.8 Å². The maximum absolute atomic E-state index is 11.8. The van der Waals surface area contributed by atoms with Gasteiger partial charge in [-0.25, -0.2) is 9.78 Å². The fourth-order valence-corrected chi connectivity index (χ4v) is 2.46. The van der Waals surface area contributed by atoms with Gasteiger partial charge in [-0.2, -0.15) is 4.98 Å². The molecule has 0 aliphatic heterocycles. The minimum absolute atomic E-state index is 0.0609. The molecule has 0 spiro atoms. The number of ether oxygens (including phenoxy) is 2. The van der Waals surface area contributed by atoms with Crippen molar-refractivity contribution in [2.45, 2.75) is 32.9 Å². The van der Waals surface area contributed by atoms with E-state index in [1.165, 1.54) is 6.33 Å². The van der Waals surface area contributed by atoms with Crippen LogP contribution in [-0.2, 0) is 11.3 Å². The zero-order valence-electron chi connectivity index (χ0n) is 15.2. The summed E-state index contributed by atoms with van der Waals surface area (Å²) in [5.74, 6) is 0.817. The molecule has 1 aromatic carbocycles. The van der Waals surface area contributed by atoms with Gasteiger partial charge in [0.2, 0.25) is 5.88 Å². The molecule has 2 heterocycles. The molecule has 0 saturated heterocycles. The molecule has 0 unspecified atom stereocenters. The van der Waals surface area contributed by atoms with Crippen LogP contribution in [0.4, 0.5) is 10.5 Å². The first-order chi connectivity index (χ1) is 12.7. The number of amides is 1. The zero-order valence-corrected chi connectivity index (χ0v) is 15.9. The lowest BCUT2D eigenvalue weighted by Crippen LogP contribution is -2.40. The summed E-state index contributed by atoms with van der Waals surface area (Å²) >= 11 is 6.02. The number of hydrogen-bond donors (Lipinski definition) is 3. The number of carbonyl (C=O) groups excluding carboxylic acids is 1. The number of nitrogens with two attached hydrogens (primary N) is 1. The Hall–Kier alpha value is -3.00. The Bertz CT molecular complexity index is 981. The fraction of sp³-hybridized carbons (Fsp3) is 0.278. The van der Waals surface area contributed by atoms with Crippen LogP contribution in [0, 0.1) is 0 Å². The van der Waals surface area contributed by atoms with Crippen LogP contribution in [0.15, 0.2) is 30.6 Å². The Labute approximate surface area is 161 Å². The standard InChI is InChI=1S/C18H20ClN5O3/c1-18(2,3)24-17(25)26-8-10-6-14-15(23-10)16(22-9-21-14)27-11-4-5-13(20)12(19)7-11/h4-7,9,23H,8,20H2,1-3H3,(H,24,25). The Morgan fingerprint density at radius 3 is 2.78 bits per heavy atom. The van der Waals surface area contributed by atoms with E-state index in [1.807, 2.05) is 20.8 Å². The summed E-state index contributed by atoms with van der Waals surface area (Å²) in [4.78, 5) is 23.3. The minimum atomic E-state index is -0.500. The highest BCUT2D eigenvalue weighted by Gasteiger charge is 2.16. The number of carbonyl (C=O) groups is 1. The molecule has 0 aliphatic carbocycles. The highest BCUT2D eigenvalue weighted by molar-refractivity contribution is 6.33. The van der Waals surface area contributed by atoms with Gasteiger partial charge in [-0.1, -0.05) is 11.6 Å². The molecule has 0 radical (unpaired) electrons. The van der Waals surface area contributed by atoms with Crippen molar-refractivity contribution >= 4 is 34.4 Å². The molecule has 0 aliphatic rings. The summed E-state index contributed by atoms with van der Waals surface area (Å²) in [5.41, 5.74) is 7.68. The van der Waals surface area contributed by atoms with Crippen molar-refractivity contribution in [1.82, 2.24) is 20.3 Å². The number of aromatic amines is 1. The topological polar surface area (TPSA) is 115 Å². The molecule has 142 valence electrons. The van der Waals surface area contributed by atoms with Crippen molar-refractivity contribution in [3.05, 3.63) is 41.3 Å². The highest BCUT2D eigenvalue weighted by Crippen LogP contribution is 2.30. The second kappa shape index (κ2) is 7.32. The maximum Gasteiger partial charge on any atom is 0.407 e. The number of fused-ring (bicyclic) bond motifs is 1. The lowest BCUT2D eigenvalue weighted by atomic mass is 10.1. The van der Waals surface area contributed by atoms with E-state index in [4.69, 9.17) is 26.8 Å². The van der Waals surface area contributed by atoms with Crippen LogP contribution in [0.1, 0.15) is 26.5 Å². The molecule has 9 heteroatoms. The van der Waals surface area contributed by atoms with E-state index < -0.39 is 6.09 Å². The van der Waals surface area contributed by atoms with Gasteiger partial charge in [0, 0.05) is 11.6 Å². The molecule has 3 rings (SSSR count). The van der Waals surface area contributed by atoms with Crippen molar-refractivity contribution in [1.29, 1.82) is 0 Å². The maximum atomic E-state index is 11.8. The number of benzene rings is 1. The predicted molar refractivity (Wildman–Crippen MR) is 103 cm³/mol. The second-order valence-corrected chi connectivity index (χ2v) is 7.38. The van der Waals surface area contributed by atoms with E-state index in [0.717, 1.165) is 0 Å². The summed E-state index contributed by atoms with van der Waals surface area (Å²) in [6.45, 7) is 5.69. The van der Waals surface area contributed by atoms with Crippen LogP contribution >= 0.6 is 11.6 Å². The zero-order chi connectivity index (χ0) is 19.6. The average Bonchev–Trinajstić information content (AvgIpc) is 2.99. The molecule has 3 aromatic rings. The largest absolute Gasteiger partial charge is 0.443 e. The van der Waals surface area contributed by atoms with Gasteiger partial charge in [0.25, 0.3) is 0 Å². The highest BCUT2D eigenvalue weighted by atomic mass is 35.5. The van der Waals surface area contributed by atoms with E-state index in [1.54, 1.807) is 24.3 Å².